The number of carbonyl (C=O) groups is 2. The van der Waals surface area contributed by atoms with Crippen molar-refractivity contribution in [3.63, 3.8) is 0 Å². The number of alkyl halides is 3. The first-order valence-electron chi connectivity index (χ1n) is 15.9. The van der Waals surface area contributed by atoms with Gasteiger partial charge in [0.05, 0.1) is 35.3 Å². The van der Waals surface area contributed by atoms with Crippen LogP contribution < -0.4 is 15.7 Å². The fourth-order valence-electron chi connectivity index (χ4n) is 5.94. The fourth-order valence-corrected chi connectivity index (χ4v) is 6.41. The number of benzene rings is 3. The van der Waals surface area contributed by atoms with Crippen LogP contribution in [0, 0.1) is 0 Å². The molecule has 2 N–H and O–H groups in total. The standard InChI is InChI=1S/C36H32BrF3N6O5/c1-21-18-45-31(19-44(21)34(49)23-9-14-29(37)28(16-23)36(38,39)40)32(46(35(45)50)25-10-12-26(13-11-25)51-20-22(2)47)33(48)41-17-24-6-3-4-7-27(24)30-8-5-15-42-43-30/h3-16,21-22,47H,17-20H2,1-2H3,(H,41,48)/t21-,22-/m0/s1. The molecule has 0 spiro atoms. The van der Waals surface area contributed by atoms with E-state index in [0.717, 1.165) is 17.2 Å². The molecule has 2 atom stereocenters. The number of fused-ring (bicyclic) bond motifs is 1. The topological polar surface area (TPSA) is 132 Å². The van der Waals surface area contributed by atoms with Gasteiger partial charge in [-0.2, -0.15) is 23.4 Å². The van der Waals surface area contributed by atoms with Gasteiger partial charge in [-0.1, -0.05) is 40.2 Å². The number of rotatable bonds is 9. The van der Waals surface area contributed by atoms with E-state index in [2.05, 4.69) is 31.4 Å². The van der Waals surface area contributed by atoms with Crippen molar-refractivity contribution < 1.29 is 32.6 Å². The van der Waals surface area contributed by atoms with Crippen LogP contribution in [0.3, 0.4) is 0 Å². The zero-order valence-corrected chi connectivity index (χ0v) is 29.0. The van der Waals surface area contributed by atoms with Crippen molar-refractivity contribution in [2.45, 2.75) is 51.8 Å². The Morgan fingerprint density at radius 1 is 1.08 bits per heavy atom. The van der Waals surface area contributed by atoms with Crippen LogP contribution in [-0.2, 0) is 25.8 Å². The van der Waals surface area contributed by atoms with Crippen LogP contribution in [-0.4, -0.2) is 59.9 Å². The first kappa shape index (κ1) is 35.5. The third-order valence-electron chi connectivity index (χ3n) is 8.43. The van der Waals surface area contributed by atoms with E-state index in [4.69, 9.17) is 4.74 Å². The number of aliphatic hydroxyl groups excluding tert-OH is 1. The van der Waals surface area contributed by atoms with Crippen molar-refractivity contribution in [3.05, 3.63) is 128 Å². The lowest BCUT2D eigenvalue weighted by Gasteiger charge is -2.34. The molecular formula is C36H32BrF3N6O5. The van der Waals surface area contributed by atoms with Crippen molar-refractivity contribution in [1.82, 2.24) is 29.5 Å². The SMILES string of the molecule is C[C@H](O)COc1ccc(-n2c(C(=O)NCc3ccccc3-c3cccnn3)c3n(c2=O)C[C@H](C)N(C(=O)c2ccc(Br)c(C(F)(F)F)c2)C3)cc1. The Labute approximate surface area is 298 Å². The molecule has 0 bridgehead atoms. The van der Waals surface area contributed by atoms with Gasteiger partial charge in [0.25, 0.3) is 11.8 Å². The summed E-state index contributed by atoms with van der Waals surface area (Å²) in [6.07, 6.45) is -3.85. The normalized spacial score (nSPS) is 14.9. The second kappa shape index (κ2) is 14.5. The Bertz CT molecular complexity index is 2130. The van der Waals surface area contributed by atoms with Crippen LogP contribution in [0.25, 0.3) is 16.9 Å². The summed E-state index contributed by atoms with van der Waals surface area (Å²) < 4.78 is 49.2. The van der Waals surface area contributed by atoms with E-state index in [0.29, 0.717) is 17.1 Å². The monoisotopic (exact) mass is 764 g/mol. The van der Waals surface area contributed by atoms with Gasteiger partial charge in [-0.25, -0.2) is 4.79 Å². The predicted octanol–water partition coefficient (Wildman–Crippen LogP) is 5.61. The summed E-state index contributed by atoms with van der Waals surface area (Å²) in [5.74, 6) is -0.869. The minimum Gasteiger partial charge on any atom is -0.491 e. The molecule has 15 heteroatoms. The molecule has 2 aromatic heterocycles. The molecule has 1 aliphatic rings. The molecule has 264 valence electrons. The van der Waals surface area contributed by atoms with E-state index in [1.165, 1.54) is 26.2 Å². The fraction of sp³-hybridized carbons (Fsp3) is 0.250. The van der Waals surface area contributed by atoms with Gasteiger partial charge in [0.2, 0.25) is 0 Å². The Kier molecular flexibility index (Phi) is 10.1. The summed E-state index contributed by atoms with van der Waals surface area (Å²) >= 11 is 2.92. The molecular weight excluding hydrogens is 733 g/mol. The number of carbonyl (C=O) groups excluding carboxylic acids is 2. The van der Waals surface area contributed by atoms with Crippen LogP contribution in [0.1, 0.15) is 51.5 Å². The second-order valence-corrected chi connectivity index (χ2v) is 13.0. The molecule has 5 aromatic rings. The Morgan fingerprint density at radius 3 is 2.51 bits per heavy atom. The number of halogens is 4. The van der Waals surface area contributed by atoms with Gasteiger partial charge in [0.15, 0.2) is 0 Å². The molecule has 1 aliphatic heterocycles. The Morgan fingerprint density at radius 2 is 1.82 bits per heavy atom. The van der Waals surface area contributed by atoms with Crippen molar-refractivity contribution in [1.29, 1.82) is 0 Å². The van der Waals surface area contributed by atoms with Crippen molar-refractivity contribution in [2.75, 3.05) is 6.61 Å². The van der Waals surface area contributed by atoms with Crippen LogP contribution in [0.4, 0.5) is 13.2 Å². The molecule has 0 saturated carbocycles. The van der Waals surface area contributed by atoms with Crippen molar-refractivity contribution in [3.8, 4) is 22.7 Å². The lowest BCUT2D eigenvalue weighted by atomic mass is 10.0. The maximum absolute atomic E-state index is 14.2. The van der Waals surface area contributed by atoms with Gasteiger partial charge in [-0.05, 0) is 74.0 Å². The maximum atomic E-state index is 14.2. The van der Waals surface area contributed by atoms with Gasteiger partial charge in [-0.3, -0.25) is 18.7 Å². The molecule has 6 rings (SSSR count). The summed E-state index contributed by atoms with van der Waals surface area (Å²) in [5.41, 5.74) is 0.876. The van der Waals surface area contributed by atoms with Crippen molar-refractivity contribution in [2.24, 2.45) is 0 Å². The highest BCUT2D eigenvalue weighted by atomic mass is 79.9. The molecule has 0 radical (unpaired) electrons. The van der Waals surface area contributed by atoms with E-state index >= 15 is 0 Å². The Hall–Kier alpha value is -5.28. The lowest BCUT2D eigenvalue weighted by molar-refractivity contribution is -0.138. The highest BCUT2D eigenvalue weighted by molar-refractivity contribution is 9.10. The first-order chi connectivity index (χ1) is 24.3. The predicted molar refractivity (Wildman–Crippen MR) is 184 cm³/mol. The maximum Gasteiger partial charge on any atom is 0.417 e. The third-order valence-corrected chi connectivity index (χ3v) is 9.12. The lowest BCUT2D eigenvalue weighted by Crippen LogP contribution is -2.47. The number of imidazole rings is 1. The second-order valence-electron chi connectivity index (χ2n) is 12.1. The van der Waals surface area contributed by atoms with Gasteiger partial charge in [-0.15, -0.1) is 0 Å². The highest BCUT2D eigenvalue weighted by Gasteiger charge is 2.37. The van der Waals surface area contributed by atoms with E-state index in [1.54, 1.807) is 56.4 Å². The van der Waals surface area contributed by atoms with Crippen molar-refractivity contribution >= 4 is 27.7 Å². The highest BCUT2D eigenvalue weighted by Crippen LogP contribution is 2.36. The van der Waals surface area contributed by atoms with Gasteiger partial charge in [0, 0.05) is 40.9 Å². The number of hydrogen-bond donors (Lipinski definition) is 2. The average molecular weight is 766 g/mol. The van der Waals surface area contributed by atoms with Crippen LogP contribution in [0.5, 0.6) is 5.75 Å². The number of nitrogens with zero attached hydrogens (tertiary/aromatic N) is 5. The molecule has 2 amide bonds. The molecule has 51 heavy (non-hydrogen) atoms. The van der Waals surface area contributed by atoms with Gasteiger partial charge >= 0.3 is 11.9 Å². The van der Waals surface area contributed by atoms with E-state index in [-0.39, 0.29) is 47.7 Å². The molecule has 0 aliphatic carbocycles. The quantitative estimate of drug-likeness (QED) is 0.200. The minimum absolute atomic E-state index is 0.0130. The summed E-state index contributed by atoms with van der Waals surface area (Å²) in [6.45, 7) is 3.13. The van der Waals surface area contributed by atoms with Crippen LogP contribution >= 0.6 is 15.9 Å². The smallest absolute Gasteiger partial charge is 0.417 e. The first-order valence-corrected chi connectivity index (χ1v) is 16.7. The molecule has 11 nitrogen and oxygen atoms in total. The van der Waals surface area contributed by atoms with E-state index in [1.807, 2.05) is 24.3 Å². The molecule has 3 heterocycles. The number of aliphatic hydroxyl groups is 1. The summed E-state index contributed by atoms with van der Waals surface area (Å²) in [6, 6.07) is 19.9. The number of amides is 2. The molecule has 0 saturated heterocycles. The number of nitrogens with one attached hydrogen (secondary N) is 1. The zero-order valence-electron chi connectivity index (χ0n) is 27.4. The van der Waals surface area contributed by atoms with Gasteiger partial charge < -0.3 is 20.1 Å². The molecule has 0 fully saturated rings. The molecule has 3 aromatic carbocycles. The number of hydrogen-bond acceptors (Lipinski definition) is 7. The molecule has 0 unspecified atom stereocenters. The number of ether oxygens (including phenoxy) is 1. The average Bonchev–Trinajstić information content (AvgIpc) is 3.40. The van der Waals surface area contributed by atoms with Gasteiger partial charge in [0.1, 0.15) is 18.1 Å². The summed E-state index contributed by atoms with van der Waals surface area (Å²) in [5, 5.41) is 20.6. The summed E-state index contributed by atoms with van der Waals surface area (Å²) in [4.78, 5) is 43.4. The minimum atomic E-state index is -4.70. The zero-order chi connectivity index (χ0) is 36.4. The summed E-state index contributed by atoms with van der Waals surface area (Å²) in [7, 11) is 0. The Balaban J connectivity index is 1.39. The largest absolute Gasteiger partial charge is 0.491 e. The third kappa shape index (κ3) is 7.44. The van der Waals surface area contributed by atoms with Crippen LogP contribution in [0.15, 0.2) is 94.3 Å². The number of aromatic nitrogens is 4. The van der Waals surface area contributed by atoms with E-state index in [9.17, 15) is 32.7 Å². The van der Waals surface area contributed by atoms with Crippen LogP contribution in [0.2, 0.25) is 0 Å². The van der Waals surface area contributed by atoms with E-state index < -0.39 is 41.4 Å².